The van der Waals surface area contributed by atoms with Crippen molar-refractivity contribution in [2.45, 2.75) is 44.2 Å². The number of H-pyrrole nitrogens is 1. The largest absolute Gasteiger partial charge is 0.354 e. The summed E-state index contributed by atoms with van der Waals surface area (Å²) in [4.78, 5) is 22.1. The summed E-state index contributed by atoms with van der Waals surface area (Å²) in [7, 11) is 0. The minimum Gasteiger partial charge on any atom is -0.354 e. The molecule has 3 rings (SSSR count). The van der Waals surface area contributed by atoms with Gasteiger partial charge in [0.05, 0.1) is 6.04 Å². The van der Waals surface area contributed by atoms with E-state index in [1.165, 1.54) is 0 Å². The summed E-state index contributed by atoms with van der Waals surface area (Å²) in [6, 6.07) is 0.652. The van der Waals surface area contributed by atoms with E-state index >= 15 is 0 Å². The fourth-order valence-corrected chi connectivity index (χ4v) is 3.50. The molecule has 0 radical (unpaired) electrons. The molecular formula is C15H25N5O. The predicted octanol–water partition coefficient (Wildman–Crippen LogP) is 0.285. The molecule has 2 fully saturated rings. The van der Waals surface area contributed by atoms with E-state index in [-0.39, 0.29) is 11.9 Å². The molecule has 3 heterocycles. The van der Waals surface area contributed by atoms with Gasteiger partial charge in [0.25, 0.3) is 0 Å². The topological polar surface area (TPSA) is 73.0 Å². The van der Waals surface area contributed by atoms with Crippen LogP contribution in [0.15, 0.2) is 12.4 Å². The van der Waals surface area contributed by atoms with Gasteiger partial charge >= 0.3 is 0 Å². The van der Waals surface area contributed by atoms with Gasteiger partial charge in [0.15, 0.2) is 0 Å². The third-order valence-electron chi connectivity index (χ3n) is 4.59. The minimum atomic E-state index is 0.0738. The fraction of sp³-hybridized carbons (Fsp3) is 0.733. The molecule has 21 heavy (non-hydrogen) atoms. The van der Waals surface area contributed by atoms with Gasteiger partial charge in [0, 0.05) is 31.4 Å². The van der Waals surface area contributed by atoms with Gasteiger partial charge in [-0.2, -0.15) is 0 Å². The van der Waals surface area contributed by atoms with Crippen molar-refractivity contribution in [2.75, 3.05) is 26.2 Å². The van der Waals surface area contributed by atoms with Crippen molar-refractivity contribution in [2.24, 2.45) is 0 Å². The number of carbonyl (C=O) groups excluding carboxylic acids is 1. The molecule has 1 aromatic rings. The smallest absolute Gasteiger partial charge is 0.237 e. The molecule has 0 aromatic carbocycles. The number of carbonyl (C=O) groups is 1. The number of amides is 1. The standard InChI is InChI=1S/C15H25N5O/c21-15(19-8-5-14-17-9-10-18-14)13-2-1-11-20(13)12-3-6-16-7-4-12/h9-10,12-13,16H,1-8,11H2,(H,17,18)(H,19,21)/t13-/m0/s1. The number of rotatable bonds is 5. The summed E-state index contributed by atoms with van der Waals surface area (Å²) in [6.45, 7) is 3.88. The van der Waals surface area contributed by atoms with Crippen LogP contribution in [0.5, 0.6) is 0 Å². The molecule has 6 nitrogen and oxygen atoms in total. The highest BCUT2D eigenvalue weighted by atomic mass is 16.2. The average Bonchev–Trinajstić information content (AvgIpc) is 3.19. The Morgan fingerprint density at radius 1 is 1.38 bits per heavy atom. The fourth-order valence-electron chi connectivity index (χ4n) is 3.50. The second kappa shape index (κ2) is 7.04. The summed E-state index contributed by atoms with van der Waals surface area (Å²) in [5, 5.41) is 6.47. The molecule has 0 saturated carbocycles. The molecule has 3 N–H and O–H groups in total. The van der Waals surface area contributed by atoms with Crippen LogP contribution in [0.4, 0.5) is 0 Å². The van der Waals surface area contributed by atoms with Crippen LogP contribution in [-0.4, -0.2) is 59.0 Å². The first kappa shape index (κ1) is 14.5. The monoisotopic (exact) mass is 291 g/mol. The molecule has 2 aliphatic rings. The second-order valence-corrected chi connectivity index (χ2v) is 5.95. The van der Waals surface area contributed by atoms with Gasteiger partial charge in [-0.15, -0.1) is 0 Å². The average molecular weight is 291 g/mol. The van der Waals surface area contributed by atoms with Crippen molar-refractivity contribution >= 4 is 5.91 Å². The number of imidazole rings is 1. The molecule has 2 saturated heterocycles. The van der Waals surface area contributed by atoms with Gasteiger partial charge < -0.3 is 15.6 Å². The van der Waals surface area contributed by atoms with Gasteiger partial charge in [-0.25, -0.2) is 4.98 Å². The van der Waals surface area contributed by atoms with Crippen LogP contribution < -0.4 is 10.6 Å². The maximum atomic E-state index is 12.4. The van der Waals surface area contributed by atoms with Gasteiger partial charge in [-0.05, 0) is 45.3 Å². The van der Waals surface area contributed by atoms with Crippen LogP contribution in [-0.2, 0) is 11.2 Å². The Kier molecular flexibility index (Phi) is 4.87. The summed E-state index contributed by atoms with van der Waals surface area (Å²) in [5.41, 5.74) is 0. The Hall–Kier alpha value is -1.40. The molecule has 0 aliphatic carbocycles. The third kappa shape index (κ3) is 3.63. The maximum Gasteiger partial charge on any atom is 0.237 e. The first-order valence-electron chi connectivity index (χ1n) is 8.07. The Bertz CT molecular complexity index is 441. The molecule has 1 aromatic heterocycles. The Balaban J connectivity index is 1.48. The molecule has 0 bridgehead atoms. The predicted molar refractivity (Wildman–Crippen MR) is 80.9 cm³/mol. The SMILES string of the molecule is O=C(NCCc1ncc[nH]1)[C@@H]1CCCN1C1CCNCC1. The highest BCUT2D eigenvalue weighted by Gasteiger charge is 2.35. The third-order valence-corrected chi connectivity index (χ3v) is 4.59. The number of nitrogens with zero attached hydrogens (tertiary/aromatic N) is 2. The number of nitrogens with one attached hydrogen (secondary N) is 3. The molecular weight excluding hydrogens is 266 g/mol. The summed E-state index contributed by atoms with van der Waals surface area (Å²) >= 11 is 0. The van der Waals surface area contributed by atoms with Crippen LogP contribution in [0.3, 0.4) is 0 Å². The zero-order valence-corrected chi connectivity index (χ0v) is 12.5. The lowest BCUT2D eigenvalue weighted by Gasteiger charge is -2.35. The molecule has 0 spiro atoms. The highest BCUT2D eigenvalue weighted by Crippen LogP contribution is 2.24. The highest BCUT2D eigenvalue weighted by molar-refractivity contribution is 5.82. The van der Waals surface area contributed by atoms with Crippen LogP contribution in [0, 0.1) is 0 Å². The summed E-state index contributed by atoms with van der Waals surface area (Å²) in [5.74, 6) is 1.12. The van der Waals surface area contributed by atoms with Crippen LogP contribution >= 0.6 is 0 Å². The van der Waals surface area contributed by atoms with Crippen molar-refractivity contribution in [3.63, 3.8) is 0 Å². The minimum absolute atomic E-state index is 0.0738. The van der Waals surface area contributed by atoms with Crippen molar-refractivity contribution in [3.05, 3.63) is 18.2 Å². The van der Waals surface area contributed by atoms with E-state index < -0.39 is 0 Å². The van der Waals surface area contributed by atoms with Crippen molar-refractivity contribution in [1.29, 1.82) is 0 Å². The number of aromatic amines is 1. The first-order valence-corrected chi connectivity index (χ1v) is 8.07. The van der Waals surface area contributed by atoms with Gasteiger partial charge in [0.2, 0.25) is 5.91 Å². The van der Waals surface area contributed by atoms with Crippen LogP contribution in [0.25, 0.3) is 0 Å². The number of hydrogen-bond acceptors (Lipinski definition) is 4. The number of piperidine rings is 1. The van der Waals surface area contributed by atoms with E-state index in [0.717, 1.165) is 57.6 Å². The molecule has 0 unspecified atom stereocenters. The second-order valence-electron chi connectivity index (χ2n) is 5.95. The number of aromatic nitrogens is 2. The lowest BCUT2D eigenvalue weighted by Crippen LogP contribution is -2.51. The van der Waals surface area contributed by atoms with Gasteiger partial charge in [-0.3, -0.25) is 9.69 Å². The van der Waals surface area contributed by atoms with Gasteiger partial charge in [-0.1, -0.05) is 0 Å². The Morgan fingerprint density at radius 3 is 3.00 bits per heavy atom. The van der Waals surface area contributed by atoms with Crippen LogP contribution in [0.1, 0.15) is 31.5 Å². The molecule has 116 valence electrons. The quantitative estimate of drug-likeness (QED) is 0.729. The Morgan fingerprint density at radius 2 is 2.24 bits per heavy atom. The van der Waals surface area contributed by atoms with Crippen molar-refractivity contribution in [3.8, 4) is 0 Å². The van der Waals surface area contributed by atoms with E-state index in [9.17, 15) is 4.79 Å². The summed E-state index contributed by atoms with van der Waals surface area (Å²) < 4.78 is 0. The van der Waals surface area contributed by atoms with E-state index in [1.54, 1.807) is 6.20 Å². The van der Waals surface area contributed by atoms with E-state index in [2.05, 4.69) is 25.5 Å². The van der Waals surface area contributed by atoms with E-state index in [4.69, 9.17) is 0 Å². The number of hydrogen-bond donors (Lipinski definition) is 3. The lowest BCUT2D eigenvalue weighted by atomic mass is 10.0. The van der Waals surface area contributed by atoms with E-state index in [1.807, 2.05) is 6.20 Å². The molecule has 2 aliphatic heterocycles. The van der Waals surface area contributed by atoms with E-state index in [0.29, 0.717) is 12.6 Å². The normalized spacial score (nSPS) is 24.3. The zero-order valence-electron chi connectivity index (χ0n) is 12.5. The summed E-state index contributed by atoms with van der Waals surface area (Å²) in [6.07, 6.45) is 8.78. The maximum absolute atomic E-state index is 12.4. The first-order chi connectivity index (χ1) is 10.3. The van der Waals surface area contributed by atoms with Gasteiger partial charge in [0.1, 0.15) is 5.82 Å². The van der Waals surface area contributed by atoms with Crippen molar-refractivity contribution < 1.29 is 4.79 Å². The number of likely N-dealkylation sites (tertiary alicyclic amines) is 1. The molecule has 1 atom stereocenters. The zero-order chi connectivity index (χ0) is 14.5. The molecule has 1 amide bonds. The lowest BCUT2D eigenvalue weighted by molar-refractivity contribution is -0.126. The molecule has 6 heteroatoms. The van der Waals surface area contributed by atoms with Crippen LogP contribution in [0.2, 0.25) is 0 Å². The Labute approximate surface area is 125 Å². The van der Waals surface area contributed by atoms with Crippen molar-refractivity contribution in [1.82, 2.24) is 25.5 Å².